The maximum Gasteiger partial charge on any atom is 0.331 e. The third-order valence-corrected chi connectivity index (χ3v) is 2.01. The number of esters is 2. The number of nitrogens with one attached hydrogen (secondary N) is 1. The zero-order chi connectivity index (χ0) is 12.8. The van der Waals surface area contributed by atoms with Gasteiger partial charge in [-0.1, -0.05) is 0 Å². The van der Waals surface area contributed by atoms with Crippen molar-refractivity contribution in [3.8, 4) is 0 Å². The van der Waals surface area contributed by atoms with Crippen molar-refractivity contribution < 1.29 is 28.7 Å². The highest BCUT2D eigenvalue weighted by atomic mass is 16.5. The van der Waals surface area contributed by atoms with Crippen LogP contribution >= 0.6 is 0 Å². The van der Waals surface area contributed by atoms with Gasteiger partial charge in [-0.15, -0.1) is 0 Å². The number of carbonyl (C=O) groups excluding carboxylic acids is 4. The minimum Gasteiger partial charge on any atom is -0.466 e. The maximum absolute atomic E-state index is 11.1. The Morgan fingerprint density at radius 3 is 2.53 bits per heavy atom. The molecule has 7 heteroatoms. The van der Waals surface area contributed by atoms with Crippen LogP contribution in [-0.4, -0.2) is 43.4 Å². The normalized spacial score (nSPS) is 19.2. The first-order valence-corrected chi connectivity index (χ1v) is 4.78. The lowest BCUT2D eigenvalue weighted by molar-refractivity contribution is -0.140. The molecule has 0 aliphatic carbocycles. The minimum absolute atomic E-state index is 0.194. The average Bonchev–Trinajstić information content (AvgIpc) is 2.62. The Bertz CT molecular complexity index is 386. The number of amides is 1. The van der Waals surface area contributed by atoms with E-state index in [2.05, 4.69) is 14.8 Å². The van der Waals surface area contributed by atoms with Gasteiger partial charge in [0.25, 0.3) is 0 Å². The van der Waals surface area contributed by atoms with Crippen molar-refractivity contribution in [2.24, 2.45) is 0 Å². The quantitative estimate of drug-likeness (QED) is 0.374. The van der Waals surface area contributed by atoms with Crippen LogP contribution in [0.15, 0.2) is 12.2 Å². The Morgan fingerprint density at radius 1 is 1.35 bits per heavy atom. The Balaban J connectivity index is 2.34. The lowest BCUT2D eigenvalue weighted by Crippen LogP contribution is -2.34. The largest absolute Gasteiger partial charge is 0.466 e. The first kappa shape index (κ1) is 12.9. The Hall–Kier alpha value is -2.18. The summed E-state index contributed by atoms with van der Waals surface area (Å²) in [6, 6.07) is -0.794. The van der Waals surface area contributed by atoms with Crippen LogP contribution in [-0.2, 0) is 28.7 Å². The van der Waals surface area contributed by atoms with Crippen LogP contribution in [0.2, 0.25) is 0 Å². The standard InChI is InChI=1S/C10H11NO6/c1-16-9(14)2-3-10(15)17-5-6-7(12)4-8(13)11-6/h2-3,6H,4-5H2,1H3,(H,11,13)/b3-2+. The molecule has 1 N–H and O–H groups in total. The molecule has 1 aliphatic heterocycles. The number of ketones is 1. The smallest absolute Gasteiger partial charge is 0.331 e. The third kappa shape index (κ3) is 4.06. The lowest BCUT2D eigenvalue weighted by atomic mass is 10.2. The number of methoxy groups -OCH3 is 1. The van der Waals surface area contributed by atoms with E-state index in [1.165, 1.54) is 7.11 Å². The van der Waals surface area contributed by atoms with E-state index in [-0.39, 0.29) is 24.7 Å². The van der Waals surface area contributed by atoms with Crippen LogP contribution in [0.4, 0.5) is 0 Å². The van der Waals surface area contributed by atoms with Gasteiger partial charge in [0.05, 0.1) is 13.5 Å². The summed E-state index contributed by atoms with van der Waals surface area (Å²) in [6.45, 7) is -0.241. The summed E-state index contributed by atoms with van der Waals surface area (Å²) >= 11 is 0. The summed E-state index contributed by atoms with van der Waals surface area (Å²) < 4.78 is 8.94. The minimum atomic E-state index is -0.794. The van der Waals surface area contributed by atoms with Crippen LogP contribution in [0, 0.1) is 0 Å². The summed E-state index contributed by atoms with van der Waals surface area (Å²) in [6.07, 6.45) is 1.59. The first-order valence-electron chi connectivity index (χ1n) is 4.78. The van der Waals surface area contributed by atoms with Gasteiger partial charge in [-0.2, -0.15) is 0 Å². The third-order valence-electron chi connectivity index (χ3n) is 2.01. The first-order chi connectivity index (χ1) is 8.02. The van der Waals surface area contributed by atoms with E-state index in [0.717, 1.165) is 12.2 Å². The highest BCUT2D eigenvalue weighted by molar-refractivity contribution is 6.07. The molecular formula is C10H11NO6. The van der Waals surface area contributed by atoms with Gasteiger partial charge in [0, 0.05) is 12.2 Å². The molecule has 0 radical (unpaired) electrons. The number of ether oxygens (including phenoxy) is 2. The summed E-state index contributed by atoms with van der Waals surface area (Å²) in [5.74, 6) is -2.18. The average molecular weight is 241 g/mol. The number of carbonyl (C=O) groups is 4. The highest BCUT2D eigenvalue weighted by Gasteiger charge is 2.30. The summed E-state index contributed by atoms with van der Waals surface area (Å²) in [7, 11) is 1.17. The molecule has 17 heavy (non-hydrogen) atoms. The molecule has 0 bridgehead atoms. The fraction of sp³-hybridized carbons (Fsp3) is 0.400. The molecule has 1 rings (SSSR count). The van der Waals surface area contributed by atoms with Crippen molar-refractivity contribution in [1.82, 2.24) is 5.32 Å². The van der Waals surface area contributed by atoms with E-state index in [9.17, 15) is 19.2 Å². The van der Waals surface area contributed by atoms with Crippen LogP contribution in [0.1, 0.15) is 6.42 Å². The second-order valence-electron chi connectivity index (χ2n) is 3.25. The molecule has 0 aromatic carbocycles. The van der Waals surface area contributed by atoms with Crippen molar-refractivity contribution in [3.63, 3.8) is 0 Å². The lowest BCUT2D eigenvalue weighted by Gasteiger charge is -2.07. The van der Waals surface area contributed by atoms with Gasteiger partial charge in [0.1, 0.15) is 12.6 Å². The number of rotatable bonds is 4. The molecule has 1 fully saturated rings. The van der Waals surface area contributed by atoms with Crippen LogP contribution in [0.25, 0.3) is 0 Å². The number of hydrogen-bond donors (Lipinski definition) is 1. The number of Topliss-reactive ketones (excluding diaryl/α,β-unsaturated/α-hetero) is 1. The van der Waals surface area contributed by atoms with E-state index in [4.69, 9.17) is 0 Å². The molecule has 1 aliphatic rings. The molecule has 1 unspecified atom stereocenters. The predicted octanol–water partition coefficient (Wildman–Crippen LogP) is -1.28. The predicted molar refractivity (Wildman–Crippen MR) is 53.7 cm³/mol. The molecule has 1 heterocycles. The molecule has 92 valence electrons. The molecule has 0 aromatic rings. The molecule has 0 saturated carbocycles. The van der Waals surface area contributed by atoms with E-state index >= 15 is 0 Å². The topological polar surface area (TPSA) is 98.8 Å². The molecule has 1 amide bonds. The zero-order valence-electron chi connectivity index (χ0n) is 9.10. The van der Waals surface area contributed by atoms with Crippen molar-refractivity contribution in [1.29, 1.82) is 0 Å². The van der Waals surface area contributed by atoms with Crippen LogP contribution in [0.3, 0.4) is 0 Å². The van der Waals surface area contributed by atoms with Crippen LogP contribution in [0.5, 0.6) is 0 Å². The SMILES string of the molecule is COC(=O)/C=C/C(=O)OCC1NC(=O)CC1=O. The van der Waals surface area contributed by atoms with Crippen molar-refractivity contribution in [2.75, 3.05) is 13.7 Å². The van der Waals surface area contributed by atoms with E-state index in [1.54, 1.807) is 0 Å². The molecule has 0 aromatic heterocycles. The van der Waals surface area contributed by atoms with Gasteiger partial charge in [-0.3, -0.25) is 9.59 Å². The van der Waals surface area contributed by atoms with E-state index in [0.29, 0.717) is 0 Å². The van der Waals surface area contributed by atoms with Gasteiger partial charge in [0.2, 0.25) is 5.91 Å². The summed E-state index contributed by atoms with van der Waals surface area (Å²) in [5.41, 5.74) is 0. The van der Waals surface area contributed by atoms with Gasteiger partial charge in [0.15, 0.2) is 5.78 Å². The van der Waals surface area contributed by atoms with Gasteiger partial charge < -0.3 is 14.8 Å². The monoisotopic (exact) mass is 241 g/mol. The maximum atomic E-state index is 11.1. The summed E-state index contributed by atoms with van der Waals surface area (Å²) in [4.78, 5) is 43.7. The fourth-order valence-corrected chi connectivity index (χ4v) is 1.16. The van der Waals surface area contributed by atoms with Crippen LogP contribution < -0.4 is 5.32 Å². The van der Waals surface area contributed by atoms with Gasteiger partial charge in [-0.05, 0) is 0 Å². The second-order valence-corrected chi connectivity index (χ2v) is 3.25. The van der Waals surface area contributed by atoms with Crippen molar-refractivity contribution in [2.45, 2.75) is 12.5 Å². The second kappa shape index (κ2) is 5.78. The molecule has 7 nitrogen and oxygen atoms in total. The Morgan fingerprint density at radius 2 is 2.00 bits per heavy atom. The molecular weight excluding hydrogens is 230 g/mol. The Kier molecular flexibility index (Phi) is 4.38. The molecule has 1 atom stereocenters. The van der Waals surface area contributed by atoms with E-state index in [1.807, 2.05) is 0 Å². The van der Waals surface area contributed by atoms with Crippen molar-refractivity contribution >= 4 is 23.6 Å². The summed E-state index contributed by atoms with van der Waals surface area (Å²) in [5, 5.41) is 2.35. The number of hydrogen-bond acceptors (Lipinski definition) is 6. The van der Waals surface area contributed by atoms with Crippen molar-refractivity contribution in [3.05, 3.63) is 12.2 Å². The fourth-order valence-electron chi connectivity index (χ4n) is 1.16. The van der Waals surface area contributed by atoms with Gasteiger partial charge >= 0.3 is 11.9 Å². The molecule has 0 spiro atoms. The van der Waals surface area contributed by atoms with Gasteiger partial charge in [-0.25, -0.2) is 9.59 Å². The highest BCUT2D eigenvalue weighted by Crippen LogP contribution is 2.02. The molecule has 1 saturated heterocycles. The Labute approximate surface area is 96.8 Å². The van der Waals surface area contributed by atoms with E-state index < -0.39 is 18.0 Å². The zero-order valence-corrected chi connectivity index (χ0v) is 9.10.